The van der Waals surface area contributed by atoms with Crippen LogP contribution in [0.5, 0.6) is 0 Å². The summed E-state index contributed by atoms with van der Waals surface area (Å²) in [5.41, 5.74) is -0.544. The zero-order chi connectivity index (χ0) is 9.14. The number of halogens is 3. The molecular weight excluding hydrogens is 188 g/mol. The first-order chi connectivity index (χ1) is 5.63. The monoisotopic (exact) mass is 193 g/mol. The molecule has 0 atom stereocenters. The molecule has 0 aliphatic carbocycles. The van der Waals surface area contributed by atoms with Gasteiger partial charge in [0, 0.05) is 17.3 Å². The van der Waals surface area contributed by atoms with E-state index in [1.165, 1.54) is 6.07 Å². The van der Waals surface area contributed by atoms with E-state index in [-0.39, 0.29) is 11.4 Å². The summed E-state index contributed by atoms with van der Waals surface area (Å²) in [6, 6.07) is 2.04. The standard InChI is InChI=1S/C7H6ClF2NO/c8-3-5-1-4(7(9)10)2-6(12)11-5/h1-2,7H,3H2,(H,11,12). The van der Waals surface area contributed by atoms with Crippen LogP contribution in [0.25, 0.3) is 0 Å². The number of pyridine rings is 1. The smallest absolute Gasteiger partial charge is 0.264 e. The maximum atomic E-state index is 12.1. The van der Waals surface area contributed by atoms with Crippen LogP contribution in [-0.4, -0.2) is 4.98 Å². The summed E-state index contributed by atoms with van der Waals surface area (Å²) in [6.07, 6.45) is -2.63. The Kier molecular flexibility index (Phi) is 2.81. The maximum absolute atomic E-state index is 12.1. The summed E-state index contributed by atoms with van der Waals surface area (Å²) in [5.74, 6) is 0.0236. The van der Waals surface area contributed by atoms with Crippen LogP contribution in [-0.2, 0) is 5.88 Å². The Morgan fingerprint density at radius 1 is 1.50 bits per heavy atom. The summed E-state index contributed by atoms with van der Waals surface area (Å²) in [6.45, 7) is 0. The molecule has 1 aromatic rings. The normalized spacial score (nSPS) is 10.7. The minimum absolute atomic E-state index is 0.0236. The van der Waals surface area contributed by atoms with Crippen molar-refractivity contribution >= 4 is 11.6 Å². The molecule has 1 N–H and O–H groups in total. The Bertz CT molecular complexity index is 323. The Morgan fingerprint density at radius 3 is 2.67 bits per heavy atom. The van der Waals surface area contributed by atoms with Crippen molar-refractivity contribution in [1.29, 1.82) is 0 Å². The minimum atomic E-state index is -2.63. The summed E-state index contributed by atoms with van der Waals surface area (Å²) in [7, 11) is 0. The lowest BCUT2D eigenvalue weighted by atomic mass is 10.2. The second-order valence-corrected chi connectivity index (χ2v) is 2.50. The van der Waals surface area contributed by atoms with Gasteiger partial charge in [0.25, 0.3) is 6.43 Å². The second-order valence-electron chi connectivity index (χ2n) is 2.24. The van der Waals surface area contributed by atoms with E-state index < -0.39 is 12.0 Å². The van der Waals surface area contributed by atoms with Gasteiger partial charge in [-0.3, -0.25) is 4.79 Å². The van der Waals surface area contributed by atoms with Crippen LogP contribution < -0.4 is 5.56 Å². The maximum Gasteiger partial charge on any atom is 0.264 e. The quantitative estimate of drug-likeness (QED) is 0.717. The van der Waals surface area contributed by atoms with Crippen LogP contribution in [0.1, 0.15) is 17.7 Å². The minimum Gasteiger partial charge on any atom is -0.325 e. The molecule has 2 nitrogen and oxygen atoms in total. The van der Waals surface area contributed by atoms with E-state index in [2.05, 4.69) is 4.98 Å². The first-order valence-corrected chi connectivity index (χ1v) is 3.74. The topological polar surface area (TPSA) is 32.9 Å². The largest absolute Gasteiger partial charge is 0.325 e. The molecule has 1 rings (SSSR count). The highest BCUT2D eigenvalue weighted by Gasteiger charge is 2.08. The lowest BCUT2D eigenvalue weighted by Gasteiger charge is -2.00. The first-order valence-electron chi connectivity index (χ1n) is 3.20. The van der Waals surface area contributed by atoms with Crippen LogP contribution in [0.4, 0.5) is 8.78 Å². The molecule has 0 fully saturated rings. The molecule has 12 heavy (non-hydrogen) atoms. The van der Waals surface area contributed by atoms with Gasteiger partial charge in [-0.2, -0.15) is 0 Å². The zero-order valence-corrected chi connectivity index (χ0v) is 6.74. The van der Waals surface area contributed by atoms with E-state index in [9.17, 15) is 13.6 Å². The number of hydrogen-bond donors (Lipinski definition) is 1. The van der Waals surface area contributed by atoms with Gasteiger partial charge in [-0.1, -0.05) is 0 Å². The summed E-state index contributed by atoms with van der Waals surface area (Å²) in [5, 5.41) is 0. The Morgan fingerprint density at radius 2 is 2.17 bits per heavy atom. The average Bonchev–Trinajstić information content (AvgIpc) is 2.03. The van der Waals surface area contributed by atoms with Crippen molar-refractivity contribution in [3.8, 4) is 0 Å². The van der Waals surface area contributed by atoms with Gasteiger partial charge < -0.3 is 4.98 Å². The number of H-pyrrole nitrogens is 1. The number of aromatic nitrogens is 1. The Labute approximate surface area is 72.2 Å². The number of aromatic amines is 1. The van der Waals surface area contributed by atoms with E-state index in [0.717, 1.165) is 6.07 Å². The van der Waals surface area contributed by atoms with Crippen LogP contribution >= 0.6 is 11.6 Å². The molecule has 66 valence electrons. The van der Waals surface area contributed by atoms with Crippen molar-refractivity contribution in [2.24, 2.45) is 0 Å². The Hall–Kier alpha value is -0.900. The van der Waals surface area contributed by atoms with Gasteiger partial charge in [-0.25, -0.2) is 8.78 Å². The molecule has 0 unspecified atom stereocenters. The average molecular weight is 194 g/mol. The fraction of sp³-hybridized carbons (Fsp3) is 0.286. The molecule has 1 heterocycles. The number of alkyl halides is 3. The van der Waals surface area contributed by atoms with Crippen molar-refractivity contribution in [2.45, 2.75) is 12.3 Å². The van der Waals surface area contributed by atoms with E-state index in [1.807, 2.05) is 0 Å². The first kappa shape index (κ1) is 9.19. The van der Waals surface area contributed by atoms with Gasteiger partial charge in [0.2, 0.25) is 5.56 Å². The molecule has 0 spiro atoms. The van der Waals surface area contributed by atoms with Crippen molar-refractivity contribution in [1.82, 2.24) is 4.98 Å². The van der Waals surface area contributed by atoms with E-state index >= 15 is 0 Å². The molecule has 0 aromatic carbocycles. The number of rotatable bonds is 2. The van der Waals surface area contributed by atoms with Crippen LogP contribution in [0, 0.1) is 0 Å². The van der Waals surface area contributed by atoms with Crippen LogP contribution in [0.15, 0.2) is 16.9 Å². The van der Waals surface area contributed by atoms with Crippen LogP contribution in [0.2, 0.25) is 0 Å². The third-order valence-corrected chi connectivity index (χ3v) is 1.61. The lowest BCUT2D eigenvalue weighted by molar-refractivity contribution is 0.151. The predicted octanol–water partition coefficient (Wildman–Crippen LogP) is 2.05. The van der Waals surface area contributed by atoms with Crippen molar-refractivity contribution in [3.63, 3.8) is 0 Å². The van der Waals surface area contributed by atoms with Gasteiger partial charge in [-0.15, -0.1) is 11.6 Å². The molecule has 0 aliphatic rings. The fourth-order valence-corrected chi connectivity index (χ4v) is 0.967. The molecule has 1 aromatic heterocycles. The van der Waals surface area contributed by atoms with Crippen molar-refractivity contribution < 1.29 is 8.78 Å². The predicted molar refractivity (Wildman–Crippen MR) is 41.6 cm³/mol. The van der Waals surface area contributed by atoms with Gasteiger partial charge in [0.05, 0.1) is 5.88 Å². The molecule has 0 saturated carbocycles. The summed E-state index contributed by atoms with van der Waals surface area (Å²) < 4.78 is 24.1. The highest BCUT2D eigenvalue weighted by molar-refractivity contribution is 6.16. The molecule has 0 bridgehead atoms. The Balaban J connectivity index is 3.15. The molecule has 0 saturated heterocycles. The van der Waals surface area contributed by atoms with E-state index in [0.29, 0.717) is 5.69 Å². The molecule has 0 aliphatic heterocycles. The third-order valence-electron chi connectivity index (χ3n) is 1.32. The van der Waals surface area contributed by atoms with Crippen molar-refractivity contribution in [2.75, 3.05) is 0 Å². The van der Waals surface area contributed by atoms with E-state index in [1.54, 1.807) is 0 Å². The highest BCUT2D eigenvalue weighted by atomic mass is 35.5. The SMILES string of the molecule is O=c1cc(C(F)F)cc(CCl)[nH]1. The van der Waals surface area contributed by atoms with Gasteiger partial charge in [0.1, 0.15) is 0 Å². The number of nitrogens with one attached hydrogen (secondary N) is 1. The summed E-state index contributed by atoms with van der Waals surface area (Å²) in [4.78, 5) is 13.1. The highest BCUT2D eigenvalue weighted by Crippen LogP contribution is 2.17. The zero-order valence-electron chi connectivity index (χ0n) is 5.98. The third kappa shape index (κ3) is 2.04. The fourth-order valence-electron chi connectivity index (χ4n) is 0.823. The van der Waals surface area contributed by atoms with Crippen LogP contribution in [0.3, 0.4) is 0 Å². The molecule has 0 radical (unpaired) electrons. The van der Waals surface area contributed by atoms with Gasteiger partial charge in [-0.05, 0) is 6.07 Å². The molecule has 5 heteroatoms. The second kappa shape index (κ2) is 3.67. The van der Waals surface area contributed by atoms with E-state index in [4.69, 9.17) is 11.6 Å². The molecule has 0 amide bonds. The van der Waals surface area contributed by atoms with Gasteiger partial charge >= 0.3 is 0 Å². The van der Waals surface area contributed by atoms with Gasteiger partial charge in [0.15, 0.2) is 0 Å². The summed E-state index contributed by atoms with van der Waals surface area (Å²) >= 11 is 5.36. The van der Waals surface area contributed by atoms with Crippen molar-refractivity contribution in [3.05, 3.63) is 33.7 Å². The molecular formula is C7H6ClF2NO. The lowest BCUT2D eigenvalue weighted by Crippen LogP contribution is -2.08. The number of hydrogen-bond acceptors (Lipinski definition) is 1.